The molecule has 0 spiro atoms. The number of anilines is 1. The molecule has 0 atom stereocenters. The van der Waals surface area contributed by atoms with E-state index >= 15 is 0 Å². The number of hydrogen-bond donors (Lipinski definition) is 1. The largest absolute Gasteiger partial charge is 0.321 e. The summed E-state index contributed by atoms with van der Waals surface area (Å²) in [6.45, 7) is 6.50. The van der Waals surface area contributed by atoms with E-state index in [2.05, 4.69) is 35.7 Å². The van der Waals surface area contributed by atoms with Crippen LogP contribution in [0.25, 0.3) is 0 Å². The average Bonchev–Trinajstić information content (AvgIpc) is 3.04. The zero-order chi connectivity index (χ0) is 17.9. The van der Waals surface area contributed by atoms with Gasteiger partial charge in [-0.2, -0.15) is 0 Å². The normalized spacial score (nSPS) is 11.3. The van der Waals surface area contributed by atoms with Gasteiger partial charge in [-0.1, -0.05) is 67.7 Å². The van der Waals surface area contributed by atoms with Crippen molar-refractivity contribution in [2.75, 3.05) is 5.32 Å². The van der Waals surface area contributed by atoms with Crippen LogP contribution in [0, 0.1) is 0 Å². The fourth-order valence-electron chi connectivity index (χ4n) is 2.53. The lowest BCUT2D eigenvalue weighted by molar-refractivity contribution is 0.102. The average molecular weight is 351 g/mol. The van der Waals surface area contributed by atoms with E-state index in [-0.39, 0.29) is 11.3 Å². The van der Waals surface area contributed by atoms with Crippen LogP contribution in [-0.2, 0) is 11.8 Å². The van der Waals surface area contributed by atoms with Crippen molar-refractivity contribution in [3.05, 3.63) is 76.3 Å². The van der Waals surface area contributed by atoms with Gasteiger partial charge in [0.15, 0.2) is 0 Å². The minimum absolute atomic E-state index is 0.0903. The number of rotatable bonds is 4. The number of nitrogens with one attached hydrogen (secondary N) is 1. The van der Waals surface area contributed by atoms with Crippen molar-refractivity contribution in [2.24, 2.45) is 0 Å². The van der Waals surface area contributed by atoms with Gasteiger partial charge in [0.2, 0.25) is 0 Å². The molecule has 5 heteroatoms. The molecule has 0 radical (unpaired) electrons. The minimum Gasteiger partial charge on any atom is -0.321 e. The molecule has 1 N–H and O–H groups in total. The molecule has 2 aromatic carbocycles. The van der Waals surface area contributed by atoms with Crippen LogP contribution in [0.1, 0.15) is 47.3 Å². The molecule has 1 heterocycles. The molecule has 128 valence electrons. The van der Waals surface area contributed by atoms with Crippen LogP contribution in [0.5, 0.6) is 0 Å². The van der Waals surface area contributed by atoms with Gasteiger partial charge in [-0.05, 0) is 40.2 Å². The van der Waals surface area contributed by atoms with E-state index in [1.165, 1.54) is 5.56 Å². The molecular weight excluding hydrogens is 330 g/mol. The van der Waals surface area contributed by atoms with Crippen molar-refractivity contribution in [2.45, 2.75) is 32.6 Å². The fourth-order valence-corrected chi connectivity index (χ4v) is 3.10. The highest BCUT2D eigenvalue weighted by Crippen LogP contribution is 2.24. The number of carbonyl (C=O) groups excluding carboxylic acids is 1. The third-order valence-electron chi connectivity index (χ3n) is 3.99. The highest BCUT2D eigenvalue weighted by Gasteiger charge is 2.18. The summed E-state index contributed by atoms with van der Waals surface area (Å²) in [5.74, 6) is -0.163. The molecule has 3 rings (SSSR count). The molecule has 0 fully saturated rings. The quantitative estimate of drug-likeness (QED) is 0.742. The van der Waals surface area contributed by atoms with E-state index in [0.29, 0.717) is 17.0 Å². The third kappa shape index (κ3) is 4.31. The van der Waals surface area contributed by atoms with E-state index in [4.69, 9.17) is 0 Å². The van der Waals surface area contributed by atoms with Gasteiger partial charge in [0, 0.05) is 12.1 Å². The van der Waals surface area contributed by atoms with E-state index in [0.717, 1.165) is 22.8 Å². The molecule has 1 aromatic heterocycles. The summed E-state index contributed by atoms with van der Waals surface area (Å²) in [5, 5.41) is 7.07. The topological polar surface area (TPSA) is 54.9 Å². The molecule has 0 aliphatic heterocycles. The number of amides is 1. The lowest BCUT2D eigenvalue weighted by Gasteiger charge is -2.19. The maximum Gasteiger partial charge on any atom is 0.269 e. The monoisotopic (exact) mass is 351 g/mol. The SMILES string of the molecule is CC(C)(C)c1ccc(NC(=O)c2snnc2Cc2ccccc2)cc1. The van der Waals surface area contributed by atoms with Gasteiger partial charge in [0.1, 0.15) is 4.88 Å². The molecule has 0 aliphatic rings. The number of benzene rings is 2. The fraction of sp³-hybridized carbons (Fsp3) is 0.250. The molecule has 0 unspecified atom stereocenters. The summed E-state index contributed by atoms with van der Waals surface area (Å²) in [6.07, 6.45) is 0.600. The zero-order valence-corrected chi connectivity index (χ0v) is 15.4. The van der Waals surface area contributed by atoms with Gasteiger partial charge in [-0.25, -0.2) is 0 Å². The van der Waals surface area contributed by atoms with Crippen molar-refractivity contribution >= 4 is 23.1 Å². The Kier molecular flexibility index (Phi) is 4.95. The number of carbonyl (C=O) groups is 1. The van der Waals surface area contributed by atoms with Crippen molar-refractivity contribution in [1.82, 2.24) is 9.59 Å². The van der Waals surface area contributed by atoms with Gasteiger partial charge in [0.25, 0.3) is 5.91 Å². The Morgan fingerprint density at radius 1 is 1.04 bits per heavy atom. The zero-order valence-electron chi connectivity index (χ0n) is 14.6. The molecule has 0 bridgehead atoms. The second-order valence-electron chi connectivity index (χ2n) is 6.99. The van der Waals surface area contributed by atoms with Gasteiger partial charge >= 0.3 is 0 Å². The first kappa shape index (κ1) is 17.3. The number of nitrogens with zero attached hydrogens (tertiary/aromatic N) is 2. The highest BCUT2D eigenvalue weighted by atomic mass is 32.1. The summed E-state index contributed by atoms with van der Waals surface area (Å²) >= 11 is 1.13. The van der Waals surface area contributed by atoms with Crippen LogP contribution >= 0.6 is 11.5 Å². The first-order valence-electron chi connectivity index (χ1n) is 8.20. The maximum atomic E-state index is 12.6. The van der Waals surface area contributed by atoms with Crippen LogP contribution < -0.4 is 5.32 Å². The molecular formula is C20H21N3OS. The van der Waals surface area contributed by atoms with E-state index in [9.17, 15) is 4.79 Å². The van der Waals surface area contributed by atoms with Crippen LogP contribution in [0.2, 0.25) is 0 Å². The van der Waals surface area contributed by atoms with Gasteiger partial charge in [0.05, 0.1) is 5.69 Å². The maximum absolute atomic E-state index is 12.6. The van der Waals surface area contributed by atoms with Crippen LogP contribution in [0.3, 0.4) is 0 Å². The Morgan fingerprint density at radius 3 is 2.36 bits per heavy atom. The summed E-state index contributed by atoms with van der Waals surface area (Å²) in [6, 6.07) is 17.9. The van der Waals surface area contributed by atoms with Crippen molar-refractivity contribution in [3.8, 4) is 0 Å². The number of aromatic nitrogens is 2. The Morgan fingerprint density at radius 2 is 1.72 bits per heavy atom. The van der Waals surface area contributed by atoms with E-state index in [1.54, 1.807) is 0 Å². The van der Waals surface area contributed by atoms with Gasteiger partial charge < -0.3 is 5.32 Å². The van der Waals surface area contributed by atoms with Crippen molar-refractivity contribution in [1.29, 1.82) is 0 Å². The molecule has 0 aliphatic carbocycles. The highest BCUT2D eigenvalue weighted by molar-refractivity contribution is 7.08. The van der Waals surface area contributed by atoms with Crippen LogP contribution in [-0.4, -0.2) is 15.5 Å². The molecule has 4 nitrogen and oxygen atoms in total. The molecule has 3 aromatic rings. The Balaban J connectivity index is 1.73. The van der Waals surface area contributed by atoms with Crippen LogP contribution in [0.4, 0.5) is 5.69 Å². The summed E-state index contributed by atoms with van der Waals surface area (Å²) in [7, 11) is 0. The summed E-state index contributed by atoms with van der Waals surface area (Å²) in [5.41, 5.74) is 3.91. The molecule has 25 heavy (non-hydrogen) atoms. The lowest BCUT2D eigenvalue weighted by Crippen LogP contribution is -2.14. The van der Waals surface area contributed by atoms with E-state index in [1.807, 2.05) is 54.6 Å². The van der Waals surface area contributed by atoms with Crippen LogP contribution in [0.15, 0.2) is 54.6 Å². The van der Waals surface area contributed by atoms with Crippen molar-refractivity contribution < 1.29 is 4.79 Å². The second kappa shape index (κ2) is 7.15. The first-order valence-corrected chi connectivity index (χ1v) is 8.98. The molecule has 1 amide bonds. The Labute approximate surface area is 152 Å². The molecule has 0 saturated carbocycles. The smallest absolute Gasteiger partial charge is 0.269 e. The third-order valence-corrected chi connectivity index (χ3v) is 4.75. The Bertz CT molecular complexity index is 849. The van der Waals surface area contributed by atoms with Gasteiger partial charge in [-0.3, -0.25) is 4.79 Å². The standard InChI is InChI=1S/C20H21N3OS/c1-20(2,3)15-9-11-16(12-10-15)21-19(24)18-17(22-23-25-18)13-14-7-5-4-6-8-14/h4-12H,13H2,1-3H3,(H,21,24). The number of hydrogen-bond acceptors (Lipinski definition) is 4. The Hall–Kier alpha value is -2.53. The molecule has 0 saturated heterocycles. The van der Waals surface area contributed by atoms with Crippen molar-refractivity contribution in [3.63, 3.8) is 0 Å². The summed E-state index contributed by atoms with van der Waals surface area (Å²) < 4.78 is 3.96. The minimum atomic E-state index is -0.163. The lowest BCUT2D eigenvalue weighted by atomic mass is 9.87. The first-order chi connectivity index (χ1) is 11.9. The summed E-state index contributed by atoms with van der Waals surface area (Å²) in [4.78, 5) is 13.1. The second-order valence-corrected chi connectivity index (χ2v) is 7.75. The van der Waals surface area contributed by atoms with Gasteiger partial charge in [-0.15, -0.1) is 5.10 Å². The predicted octanol–water partition coefficient (Wildman–Crippen LogP) is 4.68. The predicted molar refractivity (Wildman–Crippen MR) is 102 cm³/mol. The van der Waals surface area contributed by atoms with E-state index < -0.39 is 0 Å².